The molecule has 1 amide bonds. The van der Waals surface area contributed by atoms with Crippen LogP contribution >= 0.6 is 15.9 Å². The minimum atomic E-state index is -0.393. The standard InChI is InChI=1S/C15H20BrNO2/c1-10-7-11(9-12(16)8-10)15(19)17(2)13-5-3-4-6-14(13)18/h7-9,13-14,18H,3-6H2,1-2H3. The zero-order valence-corrected chi connectivity index (χ0v) is 13.0. The van der Waals surface area contributed by atoms with Crippen LogP contribution in [-0.2, 0) is 0 Å². The molecule has 1 saturated carbocycles. The van der Waals surface area contributed by atoms with Crippen molar-refractivity contribution in [3.8, 4) is 0 Å². The van der Waals surface area contributed by atoms with Crippen molar-refractivity contribution >= 4 is 21.8 Å². The Bertz CT molecular complexity index is 455. The molecule has 1 aliphatic rings. The third-order valence-corrected chi connectivity index (χ3v) is 4.26. The van der Waals surface area contributed by atoms with Crippen molar-refractivity contribution in [1.82, 2.24) is 4.90 Å². The first kappa shape index (κ1) is 14.5. The molecule has 3 nitrogen and oxygen atoms in total. The first-order chi connectivity index (χ1) is 8.99. The van der Waals surface area contributed by atoms with Crippen LogP contribution in [0.25, 0.3) is 0 Å². The van der Waals surface area contributed by atoms with Crippen LogP contribution in [0.15, 0.2) is 22.7 Å². The lowest BCUT2D eigenvalue weighted by molar-refractivity contribution is 0.0268. The number of aryl methyl sites for hydroxylation is 1. The van der Waals surface area contributed by atoms with Gasteiger partial charge in [-0.2, -0.15) is 0 Å². The van der Waals surface area contributed by atoms with Crippen LogP contribution < -0.4 is 0 Å². The van der Waals surface area contributed by atoms with Crippen molar-refractivity contribution in [2.24, 2.45) is 0 Å². The van der Waals surface area contributed by atoms with Gasteiger partial charge in [-0.25, -0.2) is 0 Å². The predicted molar refractivity (Wildman–Crippen MR) is 79.2 cm³/mol. The summed E-state index contributed by atoms with van der Waals surface area (Å²) in [6.07, 6.45) is 3.42. The lowest BCUT2D eigenvalue weighted by Gasteiger charge is -2.35. The summed E-state index contributed by atoms with van der Waals surface area (Å²) in [7, 11) is 1.79. The van der Waals surface area contributed by atoms with Gasteiger partial charge >= 0.3 is 0 Å². The first-order valence-electron chi connectivity index (χ1n) is 6.71. The van der Waals surface area contributed by atoms with Gasteiger partial charge in [0.1, 0.15) is 0 Å². The zero-order valence-electron chi connectivity index (χ0n) is 11.4. The first-order valence-corrected chi connectivity index (χ1v) is 7.51. The van der Waals surface area contributed by atoms with E-state index >= 15 is 0 Å². The Kier molecular flexibility index (Phi) is 4.63. The molecule has 0 aliphatic heterocycles. The molecular formula is C15H20BrNO2. The van der Waals surface area contributed by atoms with Gasteiger partial charge in [-0.1, -0.05) is 28.8 Å². The Labute approximate surface area is 122 Å². The van der Waals surface area contributed by atoms with E-state index in [0.717, 1.165) is 35.7 Å². The molecule has 0 heterocycles. The van der Waals surface area contributed by atoms with Crippen LogP contribution in [0.1, 0.15) is 41.6 Å². The summed E-state index contributed by atoms with van der Waals surface area (Å²) in [5.74, 6) is -0.0182. The molecule has 1 aliphatic carbocycles. The SMILES string of the molecule is Cc1cc(Br)cc(C(=O)N(C)C2CCCCC2O)c1. The predicted octanol–water partition coefficient (Wildman–Crippen LogP) is 3.13. The van der Waals surface area contributed by atoms with Gasteiger partial charge in [0.15, 0.2) is 0 Å². The van der Waals surface area contributed by atoms with E-state index in [2.05, 4.69) is 15.9 Å². The fourth-order valence-corrected chi connectivity index (χ4v) is 3.37. The van der Waals surface area contributed by atoms with E-state index in [1.54, 1.807) is 11.9 Å². The monoisotopic (exact) mass is 325 g/mol. The summed E-state index contributed by atoms with van der Waals surface area (Å²) < 4.78 is 0.911. The van der Waals surface area contributed by atoms with E-state index in [9.17, 15) is 9.90 Å². The average Bonchev–Trinajstić information content (AvgIpc) is 2.36. The number of nitrogens with zero attached hydrogens (tertiary/aromatic N) is 1. The number of carbonyl (C=O) groups is 1. The molecule has 1 N–H and O–H groups in total. The number of hydrogen-bond acceptors (Lipinski definition) is 2. The van der Waals surface area contributed by atoms with Gasteiger partial charge in [0.25, 0.3) is 5.91 Å². The molecule has 0 aromatic heterocycles. The zero-order chi connectivity index (χ0) is 14.0. The highest BCUT2D eigenvalue weighted by Gasteiger charge is 2.29. The average molecular weight is 326 g/mol. The van der Waals surface area contributed by atoms with Crippen molar-refractivity contribution in [2.45, 2.75) is 44.8 Å². The van der Waals surface area contributed by atoms with Crippen molar-refractivity contribution in [3.05, 3.63) is 33.8 Å². The molecule has 2 rings (SSSR count). The minimum absolute atomic E-state index is 0.0182. The second-order valence-electron chi connectivity index (χ2n) is 5.35. The van der Waals surface area contributed by atoms with Crippen molar-refractivity contribution in [1.29, 1.82) is 0 Å². The number of amides is 1. The van der Waals surface area contributed by atoms with E-state index in [1.165, 1.54) is 0 Å². The molecule has 1 fully saturated rings. The summed E-state index contributed by atoms with van der Waals surface area (Å²) in [5, 5.41) is 10.0. The molecule has 0 radical (unpaired) electrons. The van der Waals surface area contributed by atoms with Crippen LogP contribution in [0.5, 0.6) is 0 Å². The van der Waals surface area contributed by atoms with E-state index in [1.807, 2.05) is 25.1 Å². The molecule has 104 valence electrons. The van der Waals surface area contributed by atoms with E-state index in [-0.39, 0.29) is 11.9 Å². The maximum atomic E-state index is 12.5. The lowest BCUT2D eigenvalue weighted by atomic mass is 9.91. The number of carbonyl (C=O) groups excluding carboxylic acids is 1. The molecule has 0 bridgehead atoms. The third-order valence-electron chi connectivity index (χ3n) is 3.80. The number of rotatable bonds is 2. The van der Waals surface area contributed by atoms with E-state index < -0.39 is 6.10 Å². The Morgan fingerprint density at radius 3 is 2.63 bits per heavy atom. The summed E-state index contributed by atoms with van der Waals surface area (Å²) in [6, 6.07) is 5.65. The minimum Gasteiger partial charge on any atom is -0.391 e. The number of halogens is 1. The number of aliphatic hydroxyl groups excluding tert-OH is 1. The number of aliphatic hydroxyl groups is 1. The van der Waals surface area contributed by atoms with Gasteiger partial charge in [-0.3, -0.25) is 4.79 Å². The van der Waals surface area contributed by atoms with E-state index in [4.69, 9.17) is 0 Å². The Balaban J connectivity index is 2.18. The van der Waals surface area contributed by atoms with Crippen LogP contribution in [0.3, 0.4) is 0 Å². The van der Waals surface area contributed by atoms with Crippen LogP contribution in [-0.4, -0.2) is 35.1 Å². The molecular weight excluding hydrogens is 306 g/mol. The number of hydrogen-bond donors (Lipinski definition) is 1. The Hall–Kier alpha value is -0.870. The number of likely N-dealkylation sites (N-methyl/N-ethyl adjacent to an activating group) is 1. The van der Waals surface area contributed by atoms with Gasteiger partial charge in [0.2, 0.25) is 0 Å². The number of benzene rings is 1. The quantitative estimate of drug-likeness (QED) is 0.907. The summed E-state index contributed by atoms with van der Waals surface area (Å²) >= 11 is 3.42. The van der Waals surface area contributed by atoms with Crippen LogP contribution in [0.4, 0.5) is 0 Å². The second kappa shape index (κ2) is 6.06. The van der Waals surface area contributed by atoms with Crippen molar-refractivity contribution in [2.75, 3.05) is 7.05 Å². The van der Waals surface area contributed by atoms with Gasteiger partial charge in [0.05, 0.1) is 12.1 Å². The maximum Gasteiger partial charge on any atom is 0.253 e. The fraction of sp³-hybridized carbons (Fsp3) is 0.533. The summed E-state index contributed by atoms with van der Waals surface area (Å²) in [5.41, 5.74) is 1.72. The Morgan fingerprint density at radius 1 is 1.32 bits per heavy atom. The molecule has 0 saturated heterocycles. The smallest absolute Gasteiger partial charge is 0.253 e. The summed E-state index contributed by atoms with van der Waals surface area (Å²) in [4.78, 5) is 14.2. The van der Waals surface area contributed by atoms with Gasteiger partial charge in [0, 0.05) is 17.1 Å². The van der Waals surface area contributed by atoms with Gasteiger partial charge in [-0.05, 0) is 43.5 Å². The molecule has 19 heavy (non-hydrogen) atoms. The van der Waals surface area contributed by atoms with Crippen molar-refractivity contribution < 1.29 is 9.90 Å². The highest BCUT2D eigenvalue weighted by Crippen LogP contribution is 2.24. The second-order valence-corrected chi connectivity index (χ2v) is 6.27. The molecule has 2 atom stereocenters. The summed E-state index contributed by atoms with van der Waals surface area (Å²) in [6.45, 7) is 1.97. The molecule has 2 unspecified atom stereocenters. The van der Waals surface area contributed by atoms with Gasteiger partial charge in [-0.15, -0.1) is 0 Å². The highest BCUT2D eigenvalue weighted by molar-refractivity contribution is 9.10. The molecule has 1 aromatic rings. The van der Waals surface area contributed by atoms with Crippen LogP contribution in [0, 0.1) is 6.92 Å². The normalized spacial score (nSPS) is 23.2. The molecule has 1 aromatic carbocycles. The third kappa shape index (κ3) is 3.37. The molecule has 4 heteroatoms. The Morgan fingerprint density at radius 2 is 2.00 bits per heavy atom. The maximum absolute atomic E-state index is 12.5. The topological polar surface area (TPSA) is 40.5 Å². The lowest BCUT2D eigenvalue weighted by Crippen LogP contribution is -2.46. The van der Waals surface area contributed by atoms with Crippen molar-refractivity contribution in [3.63, 3.8) is 0 Å². The van der Waals surface area contributed by atoms with Gasteiger partial charge < -0.3 is 10.0 Å². The fourth-order valence-electron chi connectivity index (χ4n) is 2.76. The van der Waals surface area contributed by atoms with E-state index in [0.29, 0.717) is 5.56 Å². The molecule has 0 spiro atoms. The van der Waals surface area contributed by atoms with Crippen LogP contribution in [0.2, 0.25) is 0 Å². The largest absolute Gasteiger partial charge is 0.391 e. The highest BCUT2D eigenvalue weighted by atomic mass is 79.9.